The summed E-state index contributed by atoms with van der Waals surface area (Å²) < 4.78 is 5.61. The molecule has 1 atom stereocenters. The Morgan fingerprint density at radius 2 is 1.86 bits per heavy atom. The molecular weight excluding hydrogens is 392 g/mol. The summed E-state index contributed by atoms with van der Waals surface area (Å²) >= 11 is 6.41. The Balaban J connectivity index is 1.93. The molecule has 0 unspecified atom stereocenters. The highest BCUT2D eigenvalue weighted by atomic mass is 35.5. The van der Waals surface area contributed by atoms with Crippen LogP contribution in [0.5, 0.6) is 0 Å². The molecule has 160 valence electrons. The molecule has 0 radical (unpaired) electrons. The van der Waals surface area contributed by atoms with E-state index in [1.807, 2.05) is 32.9 Å². The van der Waals surface area contributed by atoms with Crippen molar-refractivity contribution in [1.82, 2.24) is 9.80 Å². The van der Waals surface area contributed by atoms with Gasteiger partial charge < -0.3 is 19.6 Å². The minimum atomic E-state index is -1.42. The summed E-state index contributed by atoms with van der Waals surface area (Å²) in [5, 5.41) is 10.8. The van der Waals surface area contributed by atoms with E-state index in [1.165, 1.54) is 13.8 Å². The maximum atomic E-state index is 12.8. The summed E-state index contributed by atoms with van der Waals surface area (Å²) in [5.74, 6) is -0.292. The summed E-state index contributed by atoms with van der Waals surface area (Å²) in [5.41, 5.74) is 1.12. The second-order valence-electron chi connectivity index (χ2n) is 9.50. The lowest BCUT2D eigenvalue weighted by Gasteiger charge is -2.36. The number of hydrogen-bond acceptors (Lipinski definition) is 4. The van der Waals surface area contributed by atoms with Crippen LogP contribution in [0.4, 0.5) is 4.79 Å². The van der Waals surface area contributed by atoms with E-state index in [1.54, 1.807) is 9.80 Å². The number of fused-ring (bicyclic) bond motifs is 1. The first-order chi connectivity index (χ1) is 13.4. The van der Waals surface area contributed by atoms with Crippen molar-refractivity contribution in [2.45, 2.75) is 77.7 Å². The topological polar surface area (TPSA) is 70.1 Å². The standard InChI is InChI=1S/C22H31ClN2O4/c1-21(2,3)29-20(27)25-9-6-7-18(25)16-12-15(23)11-14-8-10-24(13-17(14)16)19(26)22(4,5)28/h11-12,18,28H,6-10,13H2,1-5H3/t18-/m0/s1. The molecule has 0 aliphatic carbocycles. The quantitative estimate of drug-likeness (QED) is 0.779. The van der Waals surface area contributed by atoms with Gasteiger partial charge in [-0.3, -0.25) is 4.79 Å². The van der Waals surface area contributed by atoms with E-state index in [-0.39, 0.29) is 18.0 Å². The van der Waals surface area contributed by atoms with E-state index < -0.39 is 11.2 Å². The van der Waals surface area contributed by atoms with Gasteiger partial charge in [-0.05, 0) is 82.7 Å². The number of amides is 2. The normalized spacial score (nSPS) is 19.9. The van der Waals surface area contributed by atoms with Crippen LogP contribution in [0.25, 0.3) is 0 Å². The van der Waals surface area contributed by atoms with Crippen molar-refractivity contribution in [1.29, 1.82) is 0 Å². The lowest BCUT2D eigenvalue weighted by molar-refractivity contribution is -0.148. The van der Waals surface area contributed by atoms with Gasteiger partial charge in [0, 0.05) is 24.7 Å². The number of nitrogens with zero attached hydrogens (tertiary/aromatic N) is 2. The summed E-state index contributed by atoms with van der Waals surface area (Å²) in [7, 11) is 0. The minimum Gasteiger partial charge on any atom is -0.444 e. The number of halogens is 1. The maximum absolute atomic E-state index is 12.8. The number of ether oxygens (including phenoxy) is 1. The molecule has 0 saturated carbocycles. The van der Waals surface area contributed by atoms with E-state index in [0.29, 0.717) is 31.1 Å². The number of carbonyl (C=O) groups is 2. The molecule has 1 saturated heterocycles. The lowest BCUT2D eigenvalue weighted by atomic mass is 9.89. The summed E-state index contributed by atoms with van der Waals surface area (Å²) in [4.78, 5) is 28.9. The molecule has 0 bridgehead atoms. The fourth-order valence-corrected chi connectivity index (χ4v) is 4.39. The fraction of sp³-hybridized carbons (Fsp3) is 0.636. The number of rotatable bonds is 2. The zero-order chi connectivity index (χ0) is 21.6. The molecule has 1 N–H and O–H groups in total. The number of aliphatic hydroxyl groups is 1. The van der Waals surface area contributed by atoms with Crippen LogP contribution in [-0.2, 0) is 22.5 Å². The van der Waals surface area contributed by atoms with Crippen molar-refractivity contribution in [2.75, 3.05) is 13.1 Å². The Hall–Kier alpha value is -1.79. The van der Waals surface area contributed by atoms with Gasteiger partial charge in [0.05, 0.1) is 6.04 Å². The zero-order valence-corrected chi connectivity index (χ0v) is 18.7. The van der Waals surface area contributed by atoms with E-state index in [9.17, 15) is 14.7 Å². The average molecular weight is 423 g/mol. The van der Waals surface area contributed by atoms with Crippen molar-refractivity contribution in [3.05, 3.63) is 33.8 Å². The molecule has 0 aromatic heterocycles. The lowest BCUT2D eigenvalue weighted by Crippen LogP contribution is -2.47. The highest BCUT2D eigenvalue weighted by Crippen LogP contribution is 2.39. The largest absolute Gasteiger partial charge is 0.444 e. The SMILES string of the molecule is CC(C)(C)OC(=O)N1CCC[C@H]1c1cc(Cl)cc2c1CN(C(=O)C(C)(C)O)CC2. The van der Waals surface area contributed by atoms with Crippen LogP contribution in [0.1, 0.15) is 70.2 Å². The van der Waals surface area contributed by atoms with Gasteiger partial charge in [-0.2, -0.15) is 0 Å². The van der Waals surface area contributed by atoms with Crippen molar-refractivity contribution >= 4 is 23.6 Å². The van der Waals surface area contributed by atoms with Crippen LogP contribution in [0.2, 0.25) is 5.02 Å². The number of likely N-dealkylation sites (tertiary alicyclic amines) is 1. The maximum Gasteiger partial charge on any atom is 0.410 e. The Morgan fingerprint density at radius 3 is 2.48 bits per heavy atom. The monoisotopic (exact) mass is 422 g/mol. The third-order valence-electron chi connectivity index (χ3n) is 5.39. The van der Waals surface area contributed by atoms with Crippen LogP contribution in [0, 0.1) is 0 Å². The van der Waals surface area contributed by atoms with Gasteiger partial charge in [-0.1, -0.05) is 11.6 Å². The van der Waals surface area contributed by atoms with Gasteiger partial charge in [-0.25, -0.2) is 4.79 Å². The predicted molar refractivity (Wildman–Crippen MR) is 112 cm³/mol. The van der Waals surface area contributed by atoms with E-state index in [2.05, 4.69) is 0 Å². The van der Waals surface area contributed by atoms with Crippen LogP contribution in [0.3, 0.4) is 0 Å². The van der Waals surface area contributed by atoms with Crippen molar-refractivity contribution in [3.8, 4) is 0 Å². The molecule has 7 heteroatoms. The van der Waals surface area contributed by atoms with Gasteiger partial charge in [0.15, 0.2) is 0 Å². The molecule has 1 fully saturated rings. The van der Waals surface area contributed by atoms with Crippen LogP contribution in [-0.4, -0.2) is 51.2 Å². The van der Waals surface area contributed by atoms with Crippen molar-refractivity contribution < 1.29 is 19.4 Å². The molecule has 1 aromatic rings. The first kappa shape index (κ1) is 21.9. The van der Waals surface area contributed by atoms with Gasteiger partial charge in [0.1, 0.15) is 11.2 Å². The highest BCUT2D eigenvalue weighted by molar-refractivity contribution is 6.30. The fourth-order valence-electron chi connectivity index (χ4n) is 4.14. The average Bonchev–Trinajstić information content (AvgIpc) is 3.07. The minimum absolute atomic E-state index is 0.130. The van der Waals surface area contributed by atoms with Gasteiger partial charge in [0.25, 0.3) is 5.91 Å². The molecular formula is C22H31ClN2O4. The Labute approximate surface area is 177 Å². The van der Waals surface area contributed by atoms with E-state index in [0.717, 1.165) is 29.5 Å². The van der Waals surface area contributed by atoms with Gasteiger partial charge in [0.2, 0.25) is 0 Å². The molecule has 2 heterocycles. The van der Waals surface area contributed by atoms with Crippen molar-refractivity contribution in [2.24, 2.45) is 0 Å². The second kappa shape index (κ2) is 7.80. The van der Waals surface area contributed by atoms with Crippen molar-refractivity contribution in [3.63, 3.8) is 0 Å². The Kier molecular flexibility index (Phi) is 5.89. The smallest absolute Gasteiger partial charge is 0.410 e. The molecule has 0 spiro atoms. The molecule has 2 aliphatic heterocycles. The van der Waals surface area contributed by atoms with Crippen LogP contribution in [0.15, 0.2) is 12.1 Å². The van der Waals surface area contributed by atoms with E-state index >= 15 is 0 Å². The van der Waals surface area contributed by atoms with Crippen LogP contribution < -0.4 is 0 Å². The third kappa shape index (κ3) is 4.86. The number of carbonyl (C=O) groups excluding carboxylic acids is 2. The van der Waals surface area contributed by atoms with E-state index in [4.69, 9.17) is 16.3 Å². The molecule has 2 aliphatic rings. The zero-order valence-electron chi connectivity index (χ0n) is 17.9. The summed E-state index contributed by atoms with van der Waals surface area (Å²) in [6.07, 6.45) is 2.06. The molecule has 1 aromatic carbocycles. The summed E-state index contributed by atoms with van der Waals surface area (Å²) in [6.45, 7) is 10.2. The highest BCUT2D eigenvalue weighted by Gasteiger charge is 2.37. The molecule has 29 heavy (non-hydrogen) atoms. The van der Waals surface area contributed by atoms with Crippen LogP contribution >= 0.6 is 11.6 Å². The Bertz CT molecular complexity index is 810. The molecule has 2 amide bonds. The molecule has 6 nitrogen and oxygen atoms in total. The number of hydrogen-bond donors (Lipinski definition) is 1. The molecule has 3 rings (SSSR count). The van der Waals surface area contributed by atoms with Gasteiger partial charge >= 0.3 is 6.09 Å². The summed E-state index contributed by atoms with van der Waals surface area (Å²) in [6, 6.07) is 3.72. The number of benzene rings is 1. The van der Waals surface area contributed by atoms with Gasteiger partial charge in [-0.15, -0.1) is 0 Å². The third-order valence-corrected chi connectivity index (χ3v) is 5.61. The Morgan fingerprint density at radius 1 is 1.17 bits per heavy atom. The second-order valence-corrected chi connectivity index (χ2v) is 9.94. The predicted octanol–water partition coefficient (Wildman–Crippen LogP) is 4.07. The first-order valence-electron chi connectivity index (χ1n) is 10.2. The first-order valence-corrected chi connectivity index (χ1v) is 10.6.